The van der Waals surface area contributed by atoms with Gasteiger partial charge in [-0.3, -0.25) is 19.9 Å². The monoisotopic (exact) mass is 653 g/mol. The Morgan fingerprint density at radius 3 is 2.57 bits per heavy atom. The summed E-state index contributed by atoms with van der Waals surface area (Å²) in [6.07, 6.45) is 12.0. The zero-order valence-corrected chi connectivity index (χ0v) is 26.3. The molecule has 0 atom stereocenters. The van der Waals surface area contributed by atoms with Gasteiger partial charge in [0.15, 0.2) is 5.65 Å². The van der Waals surface area contributed by atoms with Crippen LogP contribution in [0.15, 0.2) is 67.4 Å². The van der Waals surface area contributed by atoms with Gasteiger partial charge in [-0.2, -0.15) is 5.10 Å². The fourth-order valence-corrected chi connectivity index (χ4v) is 6.45. The quantitative estimate of drug-likeness (QED) is 0.149. The van der Waals surface area contributed by atoms with Crippen molar-refractivity contribution in [3.8, 4) is 33.6 Å². The van der Waals surface area contributed by atoms with Gasteiger partial charge in [-0.25, -0.2) is 22.5 Å². The SMILES string of the molecule is CS(=O)(=O)NCc1cc(F)cc(-c2cncc3[nH]c(-c4n[nH]c5ncc(-c6cncc(NC(=O)CC7CCNCC7)c6)cc45)cc23)c1. The summed E-state index contributed by atoms with van der Waals surface area (Å²) in [5.74, 6) is -0.128. The number of carbonyl (C=O) groups is 1. The molecule has 0 unspecified atom stereocenters. The summed E-state index contributed by atoms with van der Waals surface area (Å²) in [7, 11) is -3.45. The first-order chi connectivity index (χ1) is 22.7. The number of benzene rings is 1. The Morgan fingerprint density at radius 2 is 1.74 bits per heavy atom. The topological polar surface area (TPSA) is 170 Å². The summed E-state index contributed by atoms with van der Waals surface area (Å²) in [5, 5.41) is 15.4. The zero-order valence-electron chi connectivity index (χ0n) is 25.5. The molecule has 7 rings (SSSR count). The molecule has 5 aromatic heterocycles. The van der Waals surface area contributed by atoms with Crippen molar-refractivity contribution in [1.82, 2.24) is 40.2 Å². The Kier molecular flexibility index (Phi) is 8.22. The van der Waals surface area contributed by atoms with Crippen LogP contribution in [0.25, 0.3) is 55.6 Å². The van der Waals surface area contributed by atoms with Gasteiger partial charge in [-0.05, 0) is 79.4 Å². The Bertz CT molecular complexity index is 2230. The van der Waals surface area contributed by atoms with Crippen LogP contribution in [-0.4, -0.2) is 63.8 Å². The van der Waals surface area contributed by atoms with Crippen LogP contribution in [0.3, 0.4) is 0 Å². The van der Waals surface area contributed by atoms with Gasteiger partial charge in [0.25, 0.3) is 0 Å². The average molecular weight is 654 g/mol. The number of anilines is 1. The van der Waals surface area contributed by atoms with Crippen LogP contribution in [0, 0.1) is 11.7 Å². The van der Waals surface area contributed by atoms with Crippen molar-refractivity contribution in [2.75, 3.05) is 24.7 Å². The third-order valence-electron chi connectivity index (χ3n) is 8.31. The molecule has 0 radical (unpaired) electrons. The van der Waals surface area contributed by atoms with Crippen LogP contribution in [-0.2, 0) is 21.4 Å². The smallest absolute Gasteiger partial charge is 0.224 e. The maximum absolute atomic E-state index is 14.6. The standard InChI is InChI=1S/C33H32FN9O3S/c1-47(45,46)39-13-20-6-21(9-24(34)7-20)28-17-37-18-30-26(28)12-29(41-30)32-27-11-23(15-38-33(27)43-42-32)22-10-25(16-36-14-22)40-31(44)8-19-2-4-35-5-3-19/h6-7,9-12,14-19,35,39,41H,2-5,8,13H2,1H3,(H,40,44)(H,38,42,43). The van der Waals surface area contributed by atoms with Crippen molar-refractivity contribution in [2.24, 2.45) is 5.92 Å². The highest BCUT2D eigenvalue weighted by Crippen LogP contribution is 2.35. The Balaban J connectivity index is 1.18. The second-order valence-corrected chi connectivity index (χ2v) is 13.7. The average Bonchev–Trinajstić information content (AvgIpc) is 3.68. The van der Waals surface area contributed by atoms with E-state index < -0.39 is 15.8 Å². The zero-order chi connectivity index (χ0) is 32.5. The molecule has 1 amide bonds. The van der Waals surface area contributed by atoms with Gasteiger partial charge in [0, 0.05) is 59.0 Å². The number of nitrogens with one attached hydrogen (secondary N) is 5. The molecule has 5 N–H and O–H groups in total. The minimum absolute atomic E-state index is 0.0192. The highest BCUT2D eigenvalue weighted by molar-refractivity contribution is 7.88. The number of aromatic nitrogens is 6. The van der Waals surface area contributed by atoms with Crippen molar-refractivity contribution in [3.05, 3.63) is 78.8 Å². The van der Waals surface area contributed by atoms with Crippen molar-refractivity contribution in [3.63, 3.8) is 0 Å². The molecular weight excluding hydrogens is 621 g/mol. The summed E-state index contributed by atoms with van der Waals surface area (Å²) < 4.78 is 40.2. The number of pyridine rings is 3. The van der Waals surface area contributed by atoms with Gasteiger partial charge in [0.1, 0.15) is 11.5 Å². The first kappa shape index (κ1) is 30.6. The lowest BCUT2D eigenvalue weighted by molar-refractivity contribution is -0.117. The lowest BCUT2D eigenvalue weighted by Crippen LogP contribution is -2.30. The van der Waals surface area contributed by atoms with Gasteiger partial charge in [0.05, 0.1) is 35.5 Å². The second kappa shape index (κ2) is 12.6. The predicted molar refractivity (Wildman–Crippen MR) is 178 cm³/mol. The van der Waals surface area contributed by atoms with Crippen molar-refractivity contribution in [2.45, 2.75) is 25.8 Å². The van der Waals surface area contributed by atoms with E-state index in [-0.39, 0.29) is 12.5 Å². The number of rotatable bonds is 9. The van der Waals surface area contributed by atoms with Crippen LogP contribution in [0.2, 0.25) is 0 Å². The summed E-state index contributed by atoms with van der Waals surface area (Å²) >= 11 is 0. The van der Waals surface area contributed by atoms with Crippen LogP contribution >= 0.6 is 0 Å². The third kappa shape index (κ3) is 6.89. The number of piperidine rings is 1. The summed E-state index contributed by atoms with van der Waals surface area (Å²) in [5.41, 5.74) is 6.58. The van der Waals surface area contributed by atoms with E-state index in [0.717, 1.165) is 59.6 Å². The fourth-order valence-electron chi connectivity index (χ4n) is 6.02. The van der Waals surface area contributed by atoms with Crippen LogP contribution in [0.5, 0.6) is 0 Å². The number of carbonyl (C=O) groups excluding carboxylic acids is 1. The molecule has 1 aliphatic rings. The molecule has 240 valence electrons. The van der Waals surface area contributed by atoms with Gasteiger partial charge in [-0.1, -0.05) is 0 Å². The van der Waals surface area contributed by atoms with E-state index >= 15 is 0 Å². The van der Waals surface area contributed by atoms with E-state index in [9.17, 15) is 17.6 Å². The molecule has 0 spiro atoms. The van der Waals surface area contributed by atoms with Crippen molar-refractivity contribution in [1.29, 1.82) is 0 Å². The molecule has 47 heavy (non-hydrogen) atoms. The second-order valence-electron chi connectivity index (χ2n) is 11.9. The highest BCUT2D eigenvalue weighted by atomic mass is 32.2. The highest BCUT2D eigenvalue weighted by Gasteiger charge is 2.19. The van der Waals surface area contributed by atoms with E-state index in [0.29, 0.717) is 51.8 Å². The van der Waals surface area contributed by atoms with Gasteiger partial charge in [-0.15, -0.1) is 0 Å². The number of amides is 1. The third-order valence-corrected chi connectivity index (χ3v) is 8.98. The Labute approximate surface area is 269 Å². The largest absolute Gasteiger partial charge is 0.352 e. The molecule has 0 bridgehead atoms. The minimum Gasteiger partial charge on any atom is -0.352 e. The van der Waals surface area contributed by atoms with Gasteiger partial charge >= 0.3 is 0 Å². The van der Waals surface area contributed by atoms with Crippen molar-refractivity contribution >= 4 is 43.6 Å². The van der Waals surface area contributed by atoms with Crippen molar-refractivity contribution < 1.29 is 17.6 Å². The normalized spacial score (nSPS) is 14.2. The maximum atomic E-state index is 14.6. The molecule has 0 saturated carbocycles. The number of fused-ring (bicyclic) bond motifs is 2. The molecule has 6 aromatic rings. The van der Waals surface area contributed by atoms with E-state index in [2.05, 4.69) is 45.5 Å². The Hall–Kier alpha value is -5.05. The molecule has 12 nitrogen and oxygen atoms in total. The number of hydrogen-bond donors (Lipinski definition) is 5. The lowest BCUT2D eigenvalue weighted by atomic mass is 9.94. The molecule has 6 heterocycles. The van der Waals surface area contributed by atoms with Gasteiger partial charge < -0.3 is 15.6 Å². The fraction of sp³-hybridized carbons (Fsp3) is 0.242. The van der Waals surface area contributed by atoms with E-state index in [4.69, 9.17) is 0 Å². The molecular formula is C33H32FN9O3S. The molecule has 1 fully saturated rings. The van der Waals surface area contributed by atoms with E-state index in [1.807, 2.05) is 18.2 Å². The molecule has 0 aliphatic carbocycles. The van der Waals surface area contributed by atoms with Crippen LogP contribution in [0.1, 0.15) is 24.8 Å². The number of nitrogens with zero attached hydrogens (tertiary/aromatic N) is 4. The molecule has 1 aromatic carbocycles. The van der Waals surface area contributed by atoms with E-state index in [1.54, 1.807) is 37.1 Å². The first-order valence-corrected chi connectivity index (χ1v) is 17.1. The number of hydrogen-bond acceptors (Lipinski definition) is 8. The molecule has 14 heteroatoms. The predicted octanol–water partition coefficient (Wildman–Crippen LogP) is 4.75. The minimum atomic E-state index is -3.45. The Morgan fingerprint density at radius 1 is 0.936 bits per heavy atom. The number of aromatic amines is 2. The molecule has 1 aliphatic heterocycles. The summed E-state index contributed by atoms with van der Waals surface area (Å²) in [4.78, 5) is 29.4. The summed E-state index contributed by atoms with van der Waals surface area (Å²) in [6.45, 7) is 1.85. The molecule has 1 saturated heterocycles. The lowest BCUT2D eigenvalue weighted by Gasteiger charge is -2.21. The van der Waals surface area contributed by atoms with Crippen LogP contribution < -0.4 is 15.4 Å². The summed E-state index contributed by atoms with van der Waals surface area (Å²) in [6, 6.07) is 10.2. The number of halogens is 1. The van der Waals surface area contributed by atoms with Gasteiger partial charge in [0.2, 0.25) is 15.9 Å². The van der Waals surface area contributed by atoms with Crippen LogP contribution in [0.4, 0.5) is 10.1 Å². The maximum Gasteiger partial charge on any atom is 0.224 e. The van der Waals surface area contributed by atoms with E-state index in [1.165, 1.54) is 12.1 Å². The number of sulfonamides is 1. The first-order valence-electron chi connectivity index (χ1n) is 15.2. The number of H-pyrrole nitrogens is 2.